The predicted molar refractivity (Wildman–Crippen MR) is 70.1 cm³/mol. The summed E-state index contributed by atoms with van der Waals surface area (Å²) < 4.78 is 5.51. The van der Waals surface area contributed by atoms with E-state index in [-0.39, 0.29) is 6.10 Å². The number of ether oxygens (including phenoxy) is 1. The molecule has 0 saturated heterocycles. The van der Waals surface area contributed by atoms with E-state index in [0.717, 1.165) is 31.4 Å². The Labute approximate surface area is 103 Å². The third kappa shape index (κ3) is 3.34. The maximum absolute atomic E-state index is 9.79. The van der Waals surface area contributed by atoms with Gasteiger partial charge in [0.2, 0.25) is 0 Å². The zero-order chi connectivity index (χ0) is 12.1. The van der Waals surface area contributed by atoms with Crippen LogP contribution < -0.4 is 4.74 Å². The van der Waals surface area contributed by atoms with Gasteiger partial charge in [0.1, 0.15) is 5.75 Å². The molecule has 92 valence electrons. The van der Waals surface area contributed by atoms with Gasteiger partial charge in [0, 0.05) is 0 Å². The monoisotopic (exact) mass is 232 g/mol. The van der Waals surface area contributed by atoms with Gasteiger partial charge in [-0.25, -0.2) is 0 Å². The SMILES string of the molecule is CCOc1cccc(C2=CC(O)CCCC2)c1. The largest absolute Gasteiger partial charge is 0.494 e. The average molecular weight is 232 g/mol. The Kier molecular flexibility index (Phi) is 4.21. The van der Waals surface area contributed by atoms with Gasteiger partial charge in [-0.05, 0) is 49.5 Å². The molecule has 1 aromatic carbocycles. The highest BCUT2D eigenvalue weighted by Crippen LogP contribution is 2.28. The fourth-order valence-corrected chi connectivity index (χ4v) is 2.26. The van der Waals surface area contributed by atoms with Crippen molar-refractivity contribution in [1.29, 1.82) is 0 Å². The van der Waals surface area contributed by atoms with Gasteiger partial charge in [0.25, 0.3) is 0 Å². The van der Waals surface area contributed by atoms with Crippen LogP contribution in [0.25, 0.3) is 5.57 Å². The van der Waals surface area contributed by atoms with Crippen molar-refractivity contribution in [2.75, 3.05) is 6.61 Å². The molecule has 0 bridgehead atoms. The molecule has 1 aliphatic rings. The fourth-order valence-electron chi connectivity index (χ4n) is 2.26. The summed E-state index contributed by atoms with van der Waals surface area (Å²) in [6.07, 6.45) is 5.90. The number of rotatable bonds is 3. The van der Waals surface area contributed by atoms with Crippen LogP contribution in [0.1, 0.15) is 38.2 Å². The van der Waals surface area contributed by atoms with Gasteiger partial charge in [0.05, 0.1) is 12.7 Å². The minimum atomic E-state index is -0.289. The van der Waals surface area contributed by atoms with Crippen LogP contribution in [0, 0.1) is 0 Å². The lowest BCUT2D eigenvalue weighted by atomic mass is 10.0. The predicted octanol–water partition coefficient (Wildman–Crippen LogP) is 3.40. The second-order valence-corrected chi connectivity index (χ2v) is 4.47. The van der Waals surface area contributed by atoms with Crippen molar-refractivity contribution in [3.05, 3.63) is 35.9 Å². The van der Waals surface area contributed by atoms with E-state index in [1.807, 2.05) is 25.1 Å². The summed E-state index contributed by atoms with van der Waals surface area (Å²) in [4.78, 5) is 0. The maximum Gasteiger partial charge on any atom is 0.119 e. The molecule has 0 spiro atoms. The van der Waals surface area contributed by atoms with Gasteiger partial charge < -0.3 is 9.84 Å². The smallest absolute Gasteiger partial charge is 0.119 e. The van der Waals surface area contributed by atoms with Crippen molar-refractivity contribution >= 4 is 5.57 Å². The second-order valence-electron chi connectivity index (χ2n) is 4.47. The highest BCUT2D eigenvalue weighted by Gasteiger charge is 2.11. The Hall–Kier alpha value is -1.28. The van der Waals surface area contributed by atoms with E-state index < -0.39 is 0 Å². The molecule has 0 saturated carbocycles. The van der Waals surface area contributed by atoms with Crippen LogP contribution in [0.4, 0.5) is 0 Å². The van der Waals surface area contributed by atoms with E-state index in [0.29, 0.717) is 6.61 Å². The summed E-state index contributed by atoms with van der Waals surface area (Å²) >= 11 is 0. The topological polar surface area (TPSA) is 29.5 Å². The summed E-state index contributed by atoms with van der Waals surface area (Å²) in [7, 11) is 0. The van der Waals surface area contributed by atoms with Crippen LogP contribution in [-0.2, 0) is 0 Å². The molecule has 0 aromatic heterocycles. The first-order valence-corrected chi connectivity index (χ1v) is 6.41. The number of aliphatic hydroxyl groups is 1. The molecule has 0 radical (unpaired) electrons. The first kappa shape index (κ1) is 12.2. The van der Waals surface area contributed by atoms with Gasteiger partial charge in [-0.2, -0.15) is 0 Å². The standard InChI is InChI=1S/C15H20O2/c1-2-17-15-9-5-7-13(11-15)12-6-3-4-8-14(16)10-12/h5,7,9-11,14,16H,2-4,6,8H2,1H3. The zero-order valence-electron chi connectivity index (χ0n) is 10.4. The summed E-state index contributed by atoms with van der Waals surface area (Å²) in [6, 6.07) is 8.14. The number of benzene rings is 1. The van der Waals surface area contributed by atoms with E-state index in [9.17, 15) is 5.11 Å². The number of allylic oxidation sites excluding steroid dienone is 1. The molecule has 2 rings (SSSR count). The Morgan fingerprint density at radius 2 is 2.24 bits per heavy atom. The molecule has 2 heteroatoms. The number of hydrogen-bond donors (Lipinski definition) is 1. The van der Waals surface area contributed by atoms with Crippen molar-refractivity contribution < 1.29 is 9.84 Å². The molecule has 1 unspecified atom stereocenters. The Morgan fingerprint density at radius 3 is 3.06 bits per heavy atom. The Bertz CT molecular complexity index is 396. The van der Waals surface area contributed by atoms with E-state index in [2.05, 4.69) is 12.1 Å². The first-order valence-electron chi connectivity index (χ1n) is 6.41. The van der Waals surface area contributed by atoms with E-state index in [1.165, 1.54) is 11.1 Å². The van der Waals surface area contributed by atoms with Crippen LogP contribution in [0.15, 0.2) is 30.3 Å². The molecule has 1 atom stereocenters. The molecule has 1 N–H and O–H groups in total. The van der Waals surface area contributed by atoms with Gasteiger partial charge in [-0.15, -0.1) is 0 Å². The van der Waals surface area contributed by atoms with E-state index in [4.69, 9.17) is 4.74 Å². The van der Waals surface area contributed by atoms with E-state index in [1.54, 1.807) is 0 Å². The average Bonchev–Trinajstić information content (AvgIpc) is 2.55. The normalized spacial score (nSPS) is 20.6. The number of aliphatic hydroxyl groups excluding tert-OH is 1. The third-order valence-corrected chi connectivity index (χ3v) is 3.11. The minimum absolute atomic E-state index is 0.289. The van der Waals surface area contributed by atoms with Crippen LogP contribution in [-0.4, -0.2) is 17.8 Å². The van der Waals surface area contributed by atoms with Crippen LogP contribution in [0.3, 0.4) is 0 Å². The molecule has 1 aromatic rings. The summed E-state index contributed by atoms with van der Waals surface area (Å²) in [5.74, 6) is 0.907. The van der Waals surface area contributed by atoms with Crippen molar-refractivity contribution in [3.8, 4) is 5.75 Å². The third-order valence-electron chi connectivity index (χ3n) is 3.11. The highest BCUT2D eigenvalue weighted by atomic mass is 16.5. The lowest BCUT2D eigenvalue weighted by Gasteiger charge is -2.09. The van der Waals surface area contributed by atoms with Crippen molar-refractivity contribution in [1.82, 2.24) is 0 Å². The van der Waals surface area contributed by atoms with Gasteiger partial charge in [-0.1, -0.05) is 24.6 Å². The maximum atomic E-state index is 9.79. The highest BCUT2D eigenvalue weighted by molar-refractivity contribution is 5.67. The van der Waals surface area contributed by atoms with Gasteiger partial charge in [0.15, 0.2) is 0 Å². The van der Waals surface area contributed by atoms with Crippen molar-refractivity contribution in [2.45, 2.75) is 38.7 Å². The van der Waals surface area contributed by atoms with Crippen LogP contribution in [0.2, 0.25) is 0 Å². The minimum Gasteiger partial charge on any atom is -0.494 e. The van der Waals surface area contributed by atoms with Crippen molar-refractivity contribution in [2.24, 2.45) is 0 Å². The molecule has 1 aliphatic carbocycles. The lowest BCUT2D eigenvalue weighted by molar-refractivity contribution is 0.211. The molecule has 0 amide bonds. The lowest BCUT2D eigenvalue weighted by Crippen LogP contribution is -2.00. The summed E-state index contributed by atoms with van der Waals surface area (Å²) in [6.45, 7) is 2.67. The Morgan fingerprint density at radius 1 is 1.35 bits per heavy atom. The molecule has 0 fully saturated rings. The molecule has 17 heavy (non-hydrogen) atoms. The molecular weight excluding hydrogens is 212 g/mol. The summed E-state index contributed by atoms with van der Waals surface area (Å²) in [5, 5.41) is 9.79. The molecule has 0 heterocycles. The van der Waals surface area contributed by atoms with Crippen LogP contribution >= 0.6 is 0 Å². The Balaban J connectivity index is 2.22. The van der Waals surface area contributed by atoms with Crippen LogP contribution in [0.5, 0.6) is 5.75 Å². The van der Waals surface area contributed by atoms with Gasteiger partial charge in [-0.3, -0.25) is 0 Å². The molecular formula is C15H20O2. The molecule has 0 aliphatic heterocycles. The van der Waals surface area contributed by atoms with E-state index >= 15 is 0 Å². The zero-order valence-corrected chi connectivity index (χ0v) is 10.4. The quantitative estimate of drug-likeness (QED) is 0.865. The second kappa shape index (κ2) is 5.87. The fraction of sp³-hybridized carbons (Fsp3) is 0.467. The number of hydrogen-bond acceptors (Lipinski definition) is 2. The first-order chi connectivity index (χ1) is 8.29. The molecule has 2 nitrogen and oxygen atoms in total. The van der Waals surface area contributed by atoms with Crippen molar-refractivity contribution in [3.63, 3.8) is 0 Å². The van der Waals surface area contributed by atoms with Gasteiger partial charge >= 0.3 is 0 Å². The summed E-state index contributed by atoms with van der Waals surface area (Å²) in [5.41, 5.74) is 2.42.